The summed E-state index contributed by atoms with van der Waals surface area (Å²) in [7, 11) is 5.81. The minimum absolute atomic E-state index is 1.91. The monoisotopic (exact) mass is 212 g/mol. The Bertz CT molecular complexity index is 53.1. The first-order chi connectivity index (χ1) is 2.56. The molecule has 0 heterocycles. The van der Waals surface area contributed by atoms with Gasteiger partial charge in [0.2, 0.25) is 0 Å². The third kappa shape index (κ3) is 4.83. The van der Waals surface area contributed by atoms with Crippen LogP contribution in [0.4, 0.5) is 0 Å². The summed E-state index contributed by atoms with van der Waals surface area (Å²) in [4.78, 5) is 4.20. The zero-order chi connectivity index (χ0) is 5.21. The van der Waals surface area contributed by atoms with Gasteiger partial charge in [-0.1, -0.05) is 0 Å². The van der Waals surface area contributed by atoms with Crippen molar-refractivity contribution in [1.29, 1.82) is 0 Å². The van der Waals surface area contributed by atoms with Gasteiger partial charge in [-0.25, -0.2) is 0 Å². The molecule has 0 saturated carbocycles. The molecular formula is C4H9ClSn. The van der Waals surface area contributed by atoms with E-state index in [1.54, 1.807) is 0 Å². The van der Waals surface area contributed by atoms with Crippen molar-refractivity contribution in [2.24, 2.45) is 0 Å². The molecule has 0 spiro atoms. The summed E-state index contributed by atoms with van der Waals surface area (Å²) in [6, 6.07) is 0. The van der Waals surface area contributed by atoms with E-state index in [1.807, 2.05) is 4.09 Å². The standard InChI is InChI=1S/C2H3.2CH3.ClH.Sn/c1-2;;;;/h1H,2H2;2*1H3;1H;/q;;;;+1/p-1. The van der Waals surface area contributed by atoms with Gasteiger partial charge in [-0.2, -0.15) is 0 Å². The SMILES string of the molecule is C=[CH][Sn]([CH3])([CH3])[Cl]. The fraction of sp³-hybridized carbons (Fsp3) is 0.500. The molecule has 6 heavy (non-hydrogen) atoms. The van der Waals surface area contributed by atoms with Gasteiger partial charge < -0.3 is 0 Å². The molecule has 0 bridgehead atoms. The van der Waals surface area contributed by atoms with Gasteiger partial charge in [0.15, 0.2) is 0 Å². The summed E-state index contributed by atoms with van der Waals surface area (Å²) in [6.45, 7) is 3.59. The number of hydrogen-bond donors (Lipinski definition) is 0. The Balaban J connectivity index is 3.45. The van der Waals surface area contributed by atoms with Crippen molar-refractivity contribution in [3.8, 4) is 0 Å². The predicted octanol–water partition coefficient (Wildman–Crippen LogP) is 2.16. The van der Waals surface area contributed by atoms with E-state index in [0.29, 0.717) is 0 Å². The molecule has 2 heteroatoms. The molecule has 0 aromatic rings. The second kappa shape index (κ2) is 2.22. The van der Waals surface area contributed by atoms with Crippen molar-refractivity contribution >= 4 is 26.2 Å². The Morgan fingerprint density at radius 2 is 1.83 bits per heavy atom. The second-order valence-electron chi connectivity index (χ2n) is 1.77. The van der Waals surface area contributed by atoms with E-state index in [4.69, 9.17) is 8.92 Å². The molecular weight excluding hydrogens is 202 g/mol. The first kappa shape index (κ1) is 6.83. The molecule has 0 aliphatic carbocycles. The molecule has 0 N–H and O–H groups in total. The van der Waals surface area contributed by atoms with Crippen LogP contribution in [0.5, 0.6) is 0 Å². The molecule has 0 nitrogen and oxygen atoms in total. The van der Waals surface area contributed by atoms with E-state index in [-0.39, 0.29) is 0 Å². The third-order valence-electron chi connectivity index (χ3n) is 0.485. The maximum absolute atomic E-state index is 5.81. The molecule has 36 valence electrons. The molecule has 0 aliphatic rings. The summed E-state index contributed by atoms with van der Waals surface area (Å²) in [5.74, 6) is 0. The van der Waals surface area contributed by atoms with Crippen LogP contribution in [0.1, 0.15) is 0 Å². The first-order valence-corrected chi connectivity index (χ1v) is 12.9. The summed E-state index contributed by atoms with van der Waals surface area (Å²) in [5, 5.41) is 0. The van der Waals surface area contributed by atoms with Crippen LogP contribution in [0.3, 0.4) is 0 Å². The molecule has 0 unspecified atom stereocenters. The minimum atomic E-state index is -2.00. The molecule has 0 fully saturated rings. The van der Waals surface area contributed by atoms with Crippen LogP contribution < -0.4 is 0 Å². The van der Waals surface area contributed by atoms with Gasteiger partial charge in [0.1, 0.15) is 0 Å². The van der Waals surface area contributed by atoms with Crippen LogP contribution in [0.2, 0.25) is 9.88 Å². The Hall–Kier alpha value is 0.829. The van der Waals surface area contributed by atoms with Crippen LogP contribution in [0.25, 0.3) is 0 Å². The Morgan fingerprint density at radius 3 is 1.83 bits per heavy atom. The topological polar surface area (TPSA) is 0 Å². The molecule has 0 aliphatic heterocycles. The average molecular weight is 211 g/mol. The Kier molecular flexibility index (Phi) is 2.52. The molecule has 0 aromatic carbocycles. The third-order valence-corrected chi connectivity index (χ3v) is 4.29. The summed E-state index contributed by atoms with van der Waals surface area (Å²) >= 11 is -2.00. The zero-order valence-electron chi connectivity index (χ0n) is 4.16. The second-order valence-corrected chi connectivity index (χ2v) is 18.4. The van der Waals surface area contributed by atoms with Gasteiger partial charge in [-0.05, 0) is 0 Å². The van der Waals surface area contributed by atoms with Crippen molar-refractivity contribution in [1.82, 2.24) is 0 Å². The Labute approximate surface area is 46.8 Å². The van der Waals surface area contributed by atoms with E-state index in [2.05, 4.69) is 16.5 Å². The summed E-state index contributed by atoms with van der Waals surface area (Å²) in [6.07, 6.45) is 0. The van der Waals surface area contributed by atoms with Crippen LogP contribution in [0.15, 0.2) is 10.7 Å². The molecule has 0 saturated heterocycles. The van der Waals surface area contributed by atoms with Gasteiger partial charge in [-0.15, -0.1) is 0 Å². The molecule has 0 aromatic heterocycles. The van der Waals surface area contributed by atoms with E-state index >= 15 is 0 Å². The van der Waals surface area contributed by atoms with Gasteiger partial charge in [-0.3, -0.25) is 0 Å². The fourth-order valence-corrected chi connectivity index (χ4v) is 0. The number of halogens is 1. The van der Waals surface area contributed by atoms with Crippen LogP contribution in [-0.4, -0.2) is 17.3 Å². The predicted molar refractivity (Wildman–Crippen MR) is 33.5 cm³/mol. The van der Waals surface area contributed by atoms with Gasteiger partial charge in [0, 0.05) is 0 Å². The van der Waals surface area contributed by atoms with Crippen LogP contribution in [0, 0.1) is 0 Å². The van der Waals surface area contributed by atoms with Crippen LogP contribution >= 0.6 is 8.92 Å². The number of hydrogen-bond acceptors (Lipinski definition) is 0. The average Bonchev–Trinajstić information content (AvgIpc) is 1.35. The quantitative estimate of drug-likeness (QED) is 0.583. The normalized spacial score (nSPS) is 11.2. The zero-order valence-corrected chi connectivity index (χ0v) is 7.77. The van der Waals surface area contributed by atoms with Crippen molar-refractivity contribution < 1.29 is 0 Å². The van der Waals surface area contributed by atoms with Crippen LogP contribution in [-0.2, 0) is 0 Å². The van der Waals surface area contributed by atoms with Crippen molar-refractivity contribution in [2.75, 3.05) is 0 Å². The van der Waals surface area contributed by atoms with Crippen molar-refractivity contribution in [3.05, 3.63) is 10.7 Å². The van der Waals surface area contributed by atoms with Gasteiger partial charge >= 0.3 is 46.7 Å². The molecule has 0 radical (unpaired) electrons. The number of rotatable bonds is 1. The van der Waals surface area contributed by atoms with Crippen molar-refractivity contribution in [3.63, 3.8) is 0 Å². The molecule has 0 amide bonds. The maximum atomic E-state index is 5.81. The van der Waals surface area contributed by atoms with E-state index in [1.165, 1.54) is 0 Å². The summed E-state index contributed by atoms with van der Waals surface area (Å²) < 4.78 is 1.91. The van der Waals surface area contributed by atoms with E-state index in [0.717, 1.165) is 0 Å². The van der Waals surface area contributed by atoms with Gasteiger partial charge in [0.25, 0.3) is 0 Å². The molecule has 0 rings (SSSR count). The molecule has 0 atom stereocenters. The van der Waals surface area contributed by atoms with Gasteiger partial charge in [0.05, 0.1) is 0 Å². The first-order valence-electron chi connectivity index (χ1n) is 1.89. The summed E-state index contributed by atoms with van der Waals surface area (Å²) in [5.41, 5.74) is 0. The van der Waals surface area contributed by atoms with E-state index in [9.17, 15) is 0 Å². The Morgan fingerprint density at radius 1 is 1.67 bits per heavy atom. The fourth-order valence-electron chi connectivity index (χ4n) is 0. The van der Waals surface area contributed by atoms with E-state index < -0.39 is 17.3 Å². The van der Waals surface area contributed by atoms with Crippen molar-refractivity contribution in [2.45, 2.75) is 9.88 Å².